The maximum Gasteiger partial charge on any atom is 0.573 e. The van der Waals surface area contributed by atoms with Gasteiger partial charge in [-0.1, -0.05) is 17.3 Å². The maximum absolute atomic E-state index is 12.2. The van der Waals surface area contributed by atoms with E-state index in [-0.39, 0.29) is 29.7 Å². The summed E-state index contributed by atoms with van der Waals surface area (Å²) in [4.78, 5) is 20.7. The van der Waals surface area contributed by atoms with Gasteiger partial charge in [0.25, 0.3) is 5.91 Å². The van der Waals surface area contributed by atoms with E-state index in [4.69, 9.17) is 9.57 Å². The van der Waals surface area contributed by atoms with Crippen molar-refractivity contribution in [1.82, 2.24) is 10.3 Å². The Labute approximate surface area is 151 Å². The van der Waals surface area contributed by atoms with Crippen molar-refractivity contribution < 1.29 is 32.3 Å². The number of pyridine rings is 1. The maximum atomic E-state index is 12.2. The second-order valence-electron chi connectivity index (χ2n) is 5.46. The first kappa shape index (κ1) is 18.5. The lowest BCUT2D eigenvalue weighted by molar-refractivity contribution is -0.274. The minimum absolute atomic E-state index is 0.244. The summed E-state index contributed by atoms with van der Waals surface area (Å²) in [7, 11) is 1.50. The third-order valence-corrected chi connectivity index (χ3v) is 3.56. The van der Waals surface area contributed by atoms with Gasteiger partial charge in [0, 0.05) is 7.05 Å². The predicted molar refractivity (Wildman–Crippen MR) is 87.3 cm³/mol. The smallest absolute Gasteiger partial charge is 0.438 e. The summed E-state index contributed by atoms with van der Waals surface area (Å²) in [5.41, 5.74) is 0.869. The molecule has 0 saturated carbocycles. The van der Waals surface area contributed by atoms with E-state index in [0.29, 0.717) is 11.3 Å². The number of halogens is 3. The normalized spacial score (nSPS) is 16.3. The number of carbonyl (C=O) groups is 1. The molecule has 3 rings (SSSR count). The molecule has 2 heterocycles. The molecule has 10 heteroatoms. The zero-order valence-electron chi connectivity index (χ0n) is 14.0. The standard InChI is InChI=1S/C17H14F3N3O4/c1-21-16(24)13-7-6-12(9-22-13)25-15-8-14(27-23-15)10-2-4-11(5-3-10)26-17(18,19)20/h2-7,9,14H,8H2,1H3,(H,21,24)/t14-/m0/s1. The van der Waals surface area contributed by atoms with E-state index in [1.807, 2.05) is 0 Å². The molecule has 0 fully saturated rings. The highest BCUT2D eigenvalue weighted by molar-refractivity contribution is 5.92. The summed E-state index contributed by atoms with van der Waals surface area (Å²) in [6.07, 6.45) is -3.56. The number of hydrogen-bond acceptors (Lipinski definition) is 6. The zero-order chi connectivity index (χ0) is 19.4. The van der Waals surface area contributed by atoms with E-state index in [1.165, 1.54) is 43.6 Å². The summed E-state index contributed by atoms with van der Waals surface area (Å²) in [5, 5.41) is 6.28. The summed E-state index contributed by atoms with van der Waals surface area (Å²) < 4.78 is 45.9. The van der Waals surface area contributed by atoms with Crippen LogP contribution >= 0.6 is 0 Å². The lowest BCUT2D eigenvalue weighted by Crippen LogP contribution is -2.19. The van der Waals surface area contributed by atoms with E-state index in [9.17, 15) is 18.0 Å². The van der Waals surface area contributed by atoms with Crippen LogP contribution in [0.4, 0.5) is 13.2 Å². The average molecular weight is 381 g/mol. The van der Waals surface area contributed by atoms with Gasteiger partial charge in [-0.15, -0.1) is 13.2 Å². The van der Waals surface area contributed by atoms with E-state index in [1.54, 1.807) is 6.07 Å². The lowest BCUT2D eigenvalue weighted by Gasteiger charge is -2.11. The molecule has 0 bridgehead atoms. The van der Waals surface area contributed by atoms with Crippen molar-refractivity contribution in [2.45, 2.75) is 18.9 Å². The fourth-order valence-electron chi connectivity index (χ4n) is 2.32. The number of oxime groups is 1. The number of alkyl halides is 3. The van der Waals surface area contributed by atoms with Crippen LogP contribution in [0.3, 0.4) is 0 Å². The molecule has 1 N–H and O–H groups in total. The molecule has 1 aliphatic heterocycles. The van der Waals surface area contributed by atoms with Crippen LogP contribution < -0.4 is 14.8 Å². The van der Waals surface area contributed by atoms with Gasteiger partial charge in [-0.2, -0.15) is 0 Å². The molecule has 0 radical (unpaired) electrons. The number of nitrogens with one attached hydrogen (secondary N) is 1. The van der Waals surface area contributed by atoms with Gasteiger partial charge in [0.15, 0.2) is 6.10 Å². The molecule has 1 atom stereocenters. The number of amides is 1. The highest BCUT2D eigenvalue weighted by Gasteiger charge is 2.31. The summed E-state index contributed by atoms with van der Waals surface area (Å²) >= 11 is 0. The van der Waals surface area contributed by atoms with Gasteiger partial charge in [0.05, 0.1) is 12.6 Å². The summed E-state index contributed by atoms with van der Waals surface area (Å²) in [6, 6.07) is 8.39. The topological polar surface area (TPSA) is 82.0 Å². The van der Waals surface area contributed by atoms with Crippen molar-refractivity contribution in [2.24, 2.45) is 5.16 Å². The van der Waals surface area contributed by atoms with Crippen molar-refractivity contribution in [3.05, 3.63) is 53.9 Å². The van der Waals surface area contributed by atoms with E-state index in [0.717, 1.165) is 0 Å². The molecule has 0 spiro atoms. The van der Waals surface area contributed by atoms with Crippen LogP contribution in [0.25, 0.3) is 0 Å². The first-order chi connectivity index (χ1) is 12.8. The Morgan fingerprint density at radius 2 is 1.89 bits per heavy atom. The van der Waals surface area contributed by atoms with Crippen LogP contribution in [0.5, 0.6) is 11.5 Å². The highest BCUT2D eigenvalue weighted by atomic mass is 19.4. The molecule has 1 aromatic carbocycles. The van der Waals surface area contributed by atoms with E-state index >= 15 is 0 Å². The fraction of sp³-hybridized carbons (Fsp3) is 0.235. The van der Waals surface area contributed by atoms with Crippen LogP contribution in [0.1, 0.15) is 28.6 Å². The van der Waals surface area contributed by atoms with E-state index < -0.39 is 12.5 Å². The lowest BCUT2D eigenvalue weighted by atomic mass is 10.1. The van der Waals surface area contributed by atoms with Crippen LogP contribution in [-0.2, 0) is 4.84 Å². The van der Waals surface area contributed by atoms with Crippen LogP contribution in [0, 0.1) is 0 Å². The van der Waals surface area contributed by atoms with Gasteiger partial charge in [-0.05, 0) is 29.8 Å². The minimum atomic E-state index is -4.74. The summed E-state index contributed by atoms with van der Waals surface area (Å²) in [5.74, 6) is 0.0229. The number of ether oxygens (including phenoxy) is 2. The Morgan fingerprint density at radius 1 is 1.19 bits per heavy atom. The molecule has 2 aromatic rings. The predicted octanol–water partition coefficient (Wildman–Crippen LogP) is 3.19. The largest absolute Gasteiger partial charge is 0.573 e. The van der Waals surface area contributed by atoms with Gasteiger partial charge < -0.3 is 19.6 Å². The molecule has 0 unspecified atom stereocenters. The molecule has 1 aliphatic rings. The Balaban J connectivity index is 1.57. The van der Waals surface area contributed by atoms with Gasteiger partial charge in [-0.25, -0.2) is 4.98 Å². The Bertz CT molecular complexity index is 836. The Hall–Kier alpha value is -3.30. The second-order valence-corrected chi connectivity index (χ2v) is 5.46. The first-order valence-electron chi connectivity index (χ1n) is 7.78. The van der Waals surface area contributed by atoms with Crippen molar-refractivity contribution >= 4 is 11.8 Å². The van der Waals surface area contributed by atoms with Crippen LogP contribution in [0.2, 0.25) is 0 Å². The van der Waals surface area contributed by atoms with Crippen LogP contribution in [0.15, 0.2) is 47.8 Å². The zero-order valence-corrected chi connectivity index (χ0v) is 14.0. The van der Waals surface area contributed by atoms with Crippen LogP contribution in [-0.4, -0.2) is 30.2 Å². The van der Waals surface area contributed by atoms with Crippen molar-refractivity contribution in [3.63, 3.8) is 0 Å². The molecule has 27 heavy (non-hydrogen) atoms. The molecular weight excluding hydrogens is 367 g/mol. The van der Waals surface area contributed by atoms with Gasteiger partial charge in [0.1, 0.15) is 17.2 Å². The molecule has 1 aromatic heterocycles. The molecule has 0 saturated heterocycles. The molecular formula is C17H14F3N3O4. The molecule has 1 amide bonds. The highest BCUT2D eigenvalue weighted by Crippen LogP contribution is 2.30. The van der Waals surface area contributed by atoms with Crippen molar-refractivity contribution in [1.29, 1.82) is 0 Å². The Morgan fingerprint density at radius 3 is 2.48 bits per heavy atom. The van der Waals surface area contributed by atoms with Gasteiger partial charge in [-0.3, -0.25) is 4.79 Å². The molecule has 142 valence electrons. The quantitative estimate of drug-likeness (QED) is 0.880. The Kier molecular flexibility index (Phi) is 5.15. The van der Waals surface area contributed by atoms with Gasteiger partial charge >= 0.3 is 6.36 Å². The SMILES string of the molecule is CNC(=O)c1ccc(OC2=NO[C@H](c3ccc(OC(F)(F)F)cc3)C2)cn1. The summed E-state index contributed by atoms with van der Waals surface area (Å²) in [6.45, 7) is 0. The second kappa shape index (κ2) is 7.52. The monoisotopic (exact) mass is 381 g/mol. The van der Waals surface area contributed by atoms with Crippen molar-refractivity contribution in [3.8, 4) is 11.5 Å². The molecule has 7 nitrogen and oxygen atoms in total. The van der Waals surface area contributed by atoms with Gasteiger partial charge in [0.2, 0.25) is 5.90 Å². The minimum Gasteiger partial charge on any atom is -0.438 e. The number of aromatic nitrogens is 1. The molecule has 0 aliphatic carbocycles. The number of nitrogens with zero attached hydrogens (tertiary/aromatic N) is 2. The first-order valence-corrected chi connectivity index (χ1v) is 7.78. The third-order valence-electron chi connectivity index (χ3n) is 3.56. The van der Waals surface area contributed by atoms with Crippen molar-refractivity contribution in [2.75, 3.05) is 7.05 Å². The number of hydrogen-bond donors (Lipinski definition) is 1. The van der Waals surface area contributed by atoms with E-state index in [2.05, 4.69) is 20.2 Å². The fourth-order valence-corrected chi connectivity index (χ4v) is 2.32. The third kappa shape index (κ3) is 4.87. The average Bonchev–Trinajstić information content (AvgIpc) is 3.09. The number of carbonyl (C=O) groups excluding carboxylic acids is 1. The number of rotatable bonds is 4. The number of benzene rings is 1.